The maximum absolute atomic E-state index is 10.8. The molecule has 0 spiro atoms. The van der Waals surface area contributed by atoms with Crippen LogP contribution in [0.1, 0.15) is 19.5 Å². The van der Waals surface area contributed by atoms with Gasteiger partial charge in [-0.05, 0) is 13.0 Å². The lowest BCUT2D eigenvalue weighted by atomic mass is 10.4. The van der Waals surface area contributed by atoms with Gasteiger partial charge in [0.05, 0.1) is 11.6 Å². The Morgan fingerprint density at radius 2 is 1.95 bits per heavy atom. The third kappa shape index (κ3) is 5.85. The van der Waals surface area contributed by atoms with Crippen molar-refractivity contribution >= 4 is 35.1 Å². The van der Waals surface area contributed by atoms with E-state index in [1.807, 2.05) is 14.0 Å². The van der Waals surface area contributed by atoms with Crippen LogP contribution in [0.4, 0.5) is 0 Å². The summed E-state index contributed by atoms with van der Waals surface area (Å²) >= 11 is 12.0. The minimum atomic E-state index is -0.0492. The molecule has 1 aromatic rings. The summed E-state index contributed by atoms with van der Waals surface area (Å²) in [6.07, 6.45) is 0. The molecule has 21 heavy (non-hydrogen) atoms. The Morgan fingerprint density at radius 3 is 2.48 bits per heavy atom. The van der Waals surface area contributed by atoms with Crippen molar-refractivity contribution < 1.29 is 4.79 Å². The highest BCUT2D eigenvalue weighted by molar-refractivity contribution is 6.41. The van der Waals surface area contributed by atoms with Gasteiger partial charge in [-0.25, -0.2) is 4.99 Å². The second kappa shape index (κ2) is 8.79. The van der Waals surface area contributed by atoms with Crippen LogP contribution in [0.5, 0.6) is 0 Å². The van der Waals surface area contributed by atoms with Gasteiger partial charge in [0.2, 0.25) is 5.91 Å². The molecule has 0 saturated heterocycles. The lowest BCUT2D eigenvalue weighted by Gasteiger charge is -2.11. The standard InChI is InChI=1S/C13H21Cl2N5O/c1-4-16-13(18-6-5-17-9(2)21)19-8-10-7-11(14)12(15)20(10)3/h7H,4-6,8H2,1-3H3,(H,17,21)(H2,16,18,19). The molecule has 0 unspecified atom stereocenters. The van der Waals surface area contributed by atoms with Crippen molar-refractivity contribution in [3.8, 4) is 0 Å². The van der Waals surface area contributed by atoms with Crippen LogP contribution in [0.3, 0.4) is 0 Å². The molecule has 3 N–H and O–H groups in total. The van der Waals surface area contributed by atoms with Gasteiger partial charge in [-0.2, -0.15) is 0 Å². The number of amides is 1. The smallest absolute Gasteiger partial charge is 0.216 e. The summed E-state index contributed by atoms with van der Waals surface area (Å²) in [5, 5.41) is 10.0. The molecule has 8 heteroatoms. The van der Waals surface area contributed by atoms with Crippen LogP contribution in [-0.2, 0) is 18.4 Å². The number of nitrogens with zero attached hydrogens (tertiary/aromatic N) is 2. The van der Waals surface area contributed by atoms with E-state index in [1.165, 1.54) is 6.92 Å². The highest BCUT2D eigenvalue weighted by atomic mass is 35.5. The average Bonchev–Trinajstić information content (AvgIpc) is 2.68. The first-order valence-corrected chi connectivity index (χ1v) is 7.47. The van der Waals surface area contributed by atoms with Crippen LogP contribution in [0.15, 0.2) is 11.1 Å². The SMILES string of the molecule is CCNC(=NCc1cc(Cl)c(Cl)n1C)NCCNC(C)=O. The Balaban J connectivity index is 2.58. The Kier molecular flexibility index (Phi) is 7.39. The monoisotopic (exact) mass is 333 g/mol. The van der Waals surface area contributed by atoms with Crippen LogP contribution in [0, 0.1) is 0 Å². The van der Waals surface area contributed by atoms with Crippen molar-refractivity contribution in [3.05, 3.63) is 21.9 Å². The third-order valence-corrected chi connectivity index (χ3v) is 3.59. The van der Waals surface area contributed by atoms with E-state index in [1.54, 1.807) is 10.6 Å². The van der Waals surface area contributed by atoms with Gasteiger partial charge in [-0.15, -0.1) is 0 Å². The fraction of sp³-hybridized carbons (Fsp3) is 0.538. The first-order chi connectivity index (χ1) is 9.95. The van der Waals surface area contributed by atoms with Gasteiger partial charge in [0, 0.05) is 39.3 Å². The summed E-state index contributed by atoms with van der Waals surface area (Å²) < 4.78 is 1.80. The molecule has 0 atom stereocenters. The largest absolute Gasteiger partial charge is 0.357 e. The van der Waals surface area contributed by atoms with Crippen LogP contribution >= 0.6 is 23.2 Å². The maximum atomic E-state index is 10.8. The van der Waals surface area contributed by atoms with Crippen molar-refractivity contribution in [1.82, 2.24) is 20.5 Å². The summed E-state index contributed by atoms with van der Waals surface area (Å²) in [5.41, 5.74) is 0.920. The Labute approximate surface area is 134 Å². The fourth-order valence-electron chi connectivity index (χ4n) is 1.66. The maximum Gasteiger partial charge on any atom is 0.216 e. The summed E-state index contributed by atoms with van der Waals surface area (Å²) in [4.78, 5) is 15.2. The minimum absolute atomic E-state index is 0.0492. The molecule has 0 fully saturated rings. The molecule has 6 nitrogen and oxygen atoms in total. The number of aromatic nitrogens is 1. The lowest BCUT2D eigenvalue weighted by Crippen LogP contribution is -2.41. The van der Waals surface area contributed by atoms with Crippen molar-refractivity contribution in [2.24, 2.45) is 12.0 Å². The first-order valence-electron chi connectivity index (χ1n) is 6.72. The van der Waals surface area contributed by atoms with Crippen LogP contribution in [0.25, 0.3) is 0 Å². The van der Waals surface area contributed by atoms with Crippen molar-refractivity contribution in [3.63, 3.8) is 0 Å². The zero-order valence-electron chi connectivity index (χ0n) is 12.5. The van der Waals surface area contributed by atoms with E-state index in [2.05, 4.69) is 20.9 Å². The van der Waals surface area contributed by atoms with E-state index in [-0.39, 0.29) is 5.91 Å². The molecule has 0 bridgehead atoms. The van der Waals surface area contributed by atoms with Gasteiger partial charge in [-0.1, -0.05) is 23.2 Å². The molecule has 0 saturated carbocycles. The van der Waals surface area contributed by atoms with Crippen LogP contribution in [-0.4, -0.2) is 36.1 Å². The Morgan fingerprint density at radius 1 is 1.29 bits per heavy atom. The van der Waals surface area contributed by atoms with E-state index in [0.29, 0.717) is 35.8 Å². The van der Waals surface area contributed by atoms with E-state index < -0.39 is 0 Å². The normalized spacial score (nSPS) is 11.4. The fourth-order valence-corrected chi connectivity index (χ4v) is 2.08. The highest BCUT2D eigenvalue weighted by Gasteiger charge is 2.08. The van der Waals surface area contributed by atoms with Gasteiger partial charge in [0.15, 0.2) is 5.96 Å². The minimum Gasteiger partial charge on any atom is -0.357 e. The van der Waals surface area contributed by atoms with Crippen LogP contribution in [0.2, 0.25) is 10.2 Å². The Bertz CT molecular complexity index is 513. The number of nitrogens with one attached hydrogen (secondary N) is 3. The molecular weight excluding hydrogens is 313 g/mol. The van der Waals surface area contributed by atoms with Gasteiger partial charge >= 0.3 is 0 Å². The number of aliphatic imine (C=N–C) groups is 1. The lowest BCUT2D eigenvalue weighted by molar-refractivity contribution is -0.118. The van der Waals surface area contributed by atoms with Gasteiger partial charge in [-0.3, -0.25) is 4.79 Å². The number of carbonyl (C=O) groups excluding carboxylic acids is 1. The summed E-state index contributed by atoms with van der Waals surface area (Å²) in [6.45, 7) is 5.82. The molecule has 1 rings (SSSR count). The second-order valence-corrected chi connectivity index (χ2v) is 5.20. The summed E-state index contributed by atoms with van der Waals surface area (Å²) in [5.74, 6) is 0.628. The molecule has 1 heterocycles. The van der Waals surface area contributed by atoms with Gasteiger partial charge in [0.1, 0.15) is 5.15 Å². The number of guanidine groups is 1. The molecule has 0 radical (unpaired) electrons. The molecule has 0 aromatic carbocycles. The first kappa shape index (κ1) is 17.7. The van der Waals surface area contributed by atoms with Crippen LogP contribution < -0.4 is 16.0 Å². The highest BCUT2D eigenvalue weighted by Crippen LogP contribution is 2.25. The number of rotatable bonds is 6. The van der Waals surface area contributed by atoms with E-state index in [4.69, 9.17) is 23.2 Å². The van der Waals surface area contributed by atoms with E-state index >= 15 is 0 Å². The quantitative estimate of drug-likeness (QED) is 0.420. The molecule has 0 aliphatic heterocycles. The third-order valence-electron chi connectivity index (χ3n) is 2.75. The molecule has 1 aromatic heterocycles. The molecule has 0 aliphatic rings. The summed E-state index contributed by atoms with van der Waals surface area (Å²) in [7, 11) is 1.84. The molecule has 118 valence electrons. The molecular formula is C13H21Cl2N5O. The topological polar surface area (TPSA) is 70.5 Å². The van der Waals surface area contributed by atoms with E-state index in [0.717, 1.165) is 12.2 Å². The zero-order chi connectivity index (χ0) is 15.8. The Hall–Kier alpha value is -1.40. The second-order valence-electron chi connectivity index (χ2n) is 4.44. The zero-order valence-corrected chi connectivity index (χ0v) is 14.0. The molecule has 1 amide bonds. The predicted octanol–water partition coefficient (Wildman–Crippen LogP) is 1.52. The van der Waals surface area contributed by atoms with Crippen molar-refractivity contribution in [2.75, 3.05) is 19.6 Å². The molecule has 0 aliphatic carbocycles. The van der Waals surface area contributed by atoms with Crippen molar-refractivity contribution in [1.29, 1.82) is 0 Å². The average molecular weight is 334 g/mol. The van der Waals surface area contributed by atoms with Gasteiger partial charge in [0.25, 0.3) is 0 Å². The predicted molar refractivity (Wildman–Crippen MR) is 86.9 cm³/mol. The van der Waals surface area contributed by atoms with Gasteiger partial charge < -0.3 is 20.5 Å². The number of carbonyl (C=O) groups is 1. The number of hydrogen-bond acceptors (Lipinski definition) is 2. The van der Waals surface area contributed by atoms with E-state index in [9.17, 15) is 4.79 Å². The number of hydrogen-bond donors (Lipinski definition) is 3. The number of halogens is 2. The summed E-state index contributed by atoms with van der Waals surface area (Å²) in [6, 6.07) is 1.80. The van der Waals surface area contributed by atoms with Crippen molar-refractivity contribution in [2.45, 2.75) is 20.4 Å².